The maximum atomic E-state index is 3.93. The van der Waals surface area contributed by atoms with E-state index in [0.717, 1.165) is 0 Å². The summed E-state index contributed by atoms with van der Waals surface area (Å²) in [6.45, 7) is 28.7. The largest absolute Gasteiger partial charge is 0.337 e. The van der Waals surface area contributed by atoms with Gasteiger partial charge >= 0.3 is 0 Å². The summed E-state index contributed by atoms with van der Waals surface area (Å²) in [7, 11) is 0. The minimum Gasteiger partial charge on any atom is -0.337 e. The van der Waals surface area contributed by atoms with Crippen LogP contribution in [-0.4, -0.2) is 4.90 Å². The molecule has 0 atom stereocenters. The van der Waals surface area contributed by atoms with Crippen molar-refractivity contribution in [2.45, 2.75) is 105 Å². The summed E-state index contributed by atoms with van der Waals surface area (Å²) >= 11 is 3.93. The molecule has 0 spiro atoms. The first-order chi connectivity index (χ1) is 16.8. The van der Waals surface area contributed by atoms with Gasteiger partial charge in [-0.3, -0.25) is 0 Å². The van der Waals surface area contributed by atoms with Crippen molar-refractivity contribution in [3.05, 3.63) is 96.8 Å². The van der Waals surface area contributed by atoms with Crippen LogP contribution in [0.15, 0.2) is 57.9 Å². The van der Waals surface area contributed by atoms with E-state index in [-0.39, 0.29) is 27.2 Å². The molecule has 0 unspecified atom stereocenters. The van der Waals surface area contributed by atoms with E-state index >= 15 is 0 Å². The lowest BCUT2D eigenvalue weighted by atomic mass is 9.55. The molecule has 2 aromatic carbocycles. The van der Waals surface area contributed by atoms with Gasteiger partial charge in [0.05, 0.1) is 11.2 Å². The second kappa shape index (κ2) is 6.92. The fourth-order valence-corrected chi connectivity index (χ4v) is 7.60. The van der Waals surface area contributed by atoms with Gasteiger partial charge in [-0.1, -0.05) is 103 Å². The van der Waals surface area contributed by atoms with Crippen LogP contribution >= 0.6 is 15.9 Å². The molecule has 0 radical (unpaired) electrons. The van der Waals surface area contributed by atoms with Gasteiger partial charge in [-0.15, -0.1) is 0 Å². The number of rotatable bonds is 0. The zero-order valence-corrected chi connectivity index (χ0v) is 26.4. The lowest BCUT2D eigenvalue weighted by molar-refractivity contribution is 0.221. The molecule has 0 saturated heterocycles. The Kier molecular flexibility index (Phi) is 4.72. The fraction of sp³-hybridized carbons (Fsp3) is 0.486. The predicted molar refractivity (Wildman–Crippen MR) is 161 cm³/mol. The third-order valence-corrected chi connectivity index (χ3v) is 10.2. The van der Waals surface area contributed by atoms with Crippen LogP contribution in [0.5, 0.6) is 0 Å². The maximum absolute atomic E-state index is 3.93. The summed E-state index contributed by atoms with van der Waals surface area (Å²) in [6, 6.07) is 9.86. The molecule has 0 N–H and O–H groups in total. The van der Waals surface area contributed by atoms with Gasteiger partial charge in [-0.25, -0.2) is 0 Å². The normalized spacial score (nSPS) is 21.9. The van der Waals surface area contributed by atoms with Crippen molar-refractivity contribution >= 4 is 21.5 Å². The van der Waals surface area contributed by atoms with Gasteiger partial charge < -0.3 is 4.90 Å². The topological polar surface area (TPSA) is 3.24 Å². The molecule has 6 rings (SSSR count). The lowest BCUT2D eigenvalue weighted by Crippen LogP contribution is -2.49. The highest BCUT2D eigenvalue weighted by molar-refractivity contribution is 9.10. The van der Waals surface area contributed by atoms with E-state index < -0.39 is 0 Å². The average Bonchev–Trinajstić information content (AvgIpc) is 2.75. The van der Waals surface area contributed by atoms with Gasteiger partial charge in [0.1, 0.15) is 0 Å². The summed E-state index contributed by atoms with van der Waals surface area (Å²) in [5.74, 6) is 0. The smallest absolute Gasteiger partial charge is 0.0647 e. The molecule has 2 heterocycles. The summed E-state index contributed by atoms with van der Waals surface area (Å²) < 4.78 is 1.18. The minimum atomic E-state index is -0.170. The Morgan fingerprint density at radius 2 is 1.19 bits per heavy atom. The third-order valence-electron chi connectivity index (χ3n) is 9.73. The lowest BCUT2D eigenvalue weighted by Gasteiger charge is -2.57. The van der Waals surface area contributed by atoms with E-state index in [0.29, 0.717) is 0 Å². The number of nitrogens with zero attached hydrogens (tertiary/aromatic N) is 1. The van der Waals surface area contributed by atoms with E-state index in [9.17, 15) is 0 Å². The Labute approximate surface area is 232 Å². The van der Waals surface area contributed by atoms with Crippen molar-refractivity contribution < 1.29 is 0 Å². The Hall–Kier alpha value is -2.06. The molecule has 37 heavy (non-hydrogen) atoms. The molecule has 0 aromatic heterocycles. The minimum absolute atomic E-state index is 0.0608. The molecule has 2 aliphatic carbocycles. The number of halogens is 1. The fourth-order valence-electron chi connectivity index (χ4n) is 7.14. The Morgan fingerprint density at radius 1 is 0.676 bits per heavy atom. The van der Waals surface area contributed by atoms with Crippen LogP contribution in [-0.2, 0) is 21.8 Å². The first-order valence-corrected chi connectivity index (χ1v) is 14.6. The van der Waals surface area contributed by atoms with Crippen molar-refractivity contribution in [2.75, 3.05) is 0 Å². The molecular weight excluding hydrogens is 514 g/mol. The Morgan fingerprint density at radius 3 is 1.76 bits per heavy atom. The molecule has 1 nitrogen and oxygen atoms in total. The van der Waals surface area contributed by atoms with Crippen LogP contribution in [0.2, 0.25) is 0 Å². The summed E-state index contributed by atoms with van der Waals surface area (Å²) in [5, 5.41) is 0. The van der Waals surface area contributed by atoms with Crippen molar-refractivity contribution in [3.63, 3.8) is 0 Å². The van der Waals surface area contributed by atoms with E-state index in [1.165, 1.54) is 65.8 Å². The standard InChI is InChI=1S/C35H42BrN/c1-31(2,3)19-13-22-28-25(14-19)35(11,12)37-18-20(32(4,5)6)15-26-30(37)29(28)27-23(33(22,7)8)16-21(36)17-24(27)34(26,9)10/h13-18H,1-12H3/i7+0,8+0,9+0,10+0,11+0,12+0. The average molecular weight is 557 g/mol. The summed E-state index contributed by atoms with van der Waals surface area (Å²) in [5.41, 5.74) is 15.7. The zero-order valence-electron chi connectivity index (χ0n) is 24.8. The van der Waals surface area contributed by atoms with Gasteiger partial charge in [0.25, 0.3) is 0 Å². The van der Waals surface area contributed by atoms with Crippen LogP contribution in [0.4, 0.5) is 0 Å². The van der Waals surface area contributed by atoms with Crippen LogP contribution in [0.25, 0.3) is 5.57 Å². The molecule has 2 aliphatic heterocycles. The Bertz CT molecular complexity index is 1510. The highest BCUT2D eigenvalue weighted by Crippen LogP contribution is 2.63. The SMILES string of the molecule is CC(C)(C)C1=CN2C3=C4c5c(cc(Br)cc5C([12CH3])([12CH3])c5cc(C(C)(C)C)cc(c54)C2([12CH3])[12CH3])C([12CH3])([12CH3])C3=C1. The van der Waals surface area contributed by atoms with Gasteiger partial charge in [0.2, 0.25) is 0 Å². The highest BCUT2D eigenvalue weighted by atomic mass is 79.9. The van der Waals surface area contributed by atoms with E-state index in [4.69, 9.17) is 0 Å². The molecule has 2 heteroatoms. The van der Waals surface area contributed by atoms with Gasteiger partial charge in [-0.2, -0.15) is 0 Å². The molecule has 0 fully saturated rings. The number of hydrogen-bond acceptors (Lipinski definition) is 1. The predicted octanol–water partition coefficient (Wildman–Crippen LogP) is 9.86. The van der Waals surface area contributed by atoms with Crippen LogP contribution in [0.1, 0.15) is 122 Å². The maximum Gasteiger partial charge on any atom is 0.0647 e. The zero-order chi connectivity index (χ0) is 27.2. The van der Waals surface area contributed by atoms with E-state index in [1.54, 1.807) is 0 Å². The van der Waals surface area contributed by atoms with Gasteiger partial charge in [0, 0.05) is 27.1 Å². The molecule has 4 aliphatic rings. The molecule has 194 valence electrons. The summed E-state index contributed by atoms with van der Waals surface area (Å²) in [4.78, 5) is 2.64. The van der Waals surface area contributed by atoms with Crippen molar-refractivity contribution in [1.82, 2.24) is 4.90 Å². The van der Waals surface area contributed by atoms with Crippen LogP contribution in [0, 0.1) is 5.41 Å². The second-order valence-corrected chi connectivity index (χ2v) is 16.3. The first kappa shape index (κ1) is 25.2. The summed E-state index contributed by atoms with van der Waals surface area (Å²) in [6.07, 6.45) is 4.99. The second-order valence-electron chi connectivity index (χ2n) is 15.4. The molecule has 2 aromatic rings. The number of allylic oxidation sites excluding steroid dienone is 3. The highest BCUT2D eigenvalue weighted by Gasteiger charge is 2.53. The molecule has 0 amide bonds. The van der Waals surface area contributed by atoms with Crippen LogP contribution < -0.4 is 0 Å². The van der Waals surface area contributed by atoms with Crippen molar-refractivity contribution in [3.8, 4) is 0 Å². The molecule has 0 saturated carbocycles. The quantitative estimate of drug-likeness (QED) is 0.312. The molecular formula is C35H42BrN. The Balaban J connectivity index is 1.87. The van der Waals surface area contributed by atoms with Gasteiger partial charge in [0.15, 0.2) is 0 Å². The number of hydrogen-bond donors (Lipinski definition) is 0. The van der Waals surface area contributed by atoms with E-state index in [1.807, 2.05) is 0 Å². The van der Waals surface area contributed by atoms with Crippen LogP contribution in [0.3, 0.4) is 0 Å². The van der Waals surface area contributed by atoms with Gasteiger partial charge in [-0.05, 0) is 86.9 Å². The first-order valence-electron chi connectivity index (χ1n) is 13.8. The third kappa shape index (κ3) is 3.09. The van der Waals surface area contributed by atoms with Crippen molar-refractivity contribution in [2.24, 2.45) is 5.41 Å². The number of benzene rings is 2. The van der Waals surface area contributed by atoms with Crippen molar-refractivity contribution in [1.29, 1.82) is 0 Å². The molecule has 0 bridgehead atoms. The van der Waals surface area contributed by atoms with E-state index in [2.05, 4.69) is 140 Å². The monoisotopic (exact) mass is 555 g/mol.